The van der Waals surface area contributed by atoms with Crippen molar-refractivity contribution >= 4 is 48.7 Å². The first-order chi connectivity index (χ1) is 62.4. The maximum Gasteiger partial charge on any atom is 0.410 e. The number of amides is 8. The number of cyclic esters (lactones) is 8. The van der Waals surface area contributed by atoms with Gasteiger partial charge < -0.3 is 67.3 Å². The average molecular weight is 1810 g/mol. The minimum absolute atomic E-state index is 0.0243. The highest BCUT2D eigenvalue weighted by Gasteiger charge is 2.57. The zero-order valence-electron chi connectivity index (χ0n) is 81.9. The maximum absolute atomic E-state index is 12.2. The summed E-state index contributed by atoms with van der Waals surface area (Å²) in [6.07, 6.45) is 41.5. The fourth-order valence-electron chi connectivity index (χ4n) is 24.4. The monoisotopic (exact) mass is 1810 g/mol. The van der Waals surface area contributed by atoms with Gasteiger partial charge in [-0.1, -0.05) is 238 Å². The zero-order chi connectivity index (χ0) is 92.9. The van der Waals surface area contributed by atoms with E-state index < -0.39 is 0 Å². The maximum atomic E-state index is 12.2. The Morgan fingerprint density at radius 1 is 0.331 bits per heavy atom. The van der Waals surface area contributed by atoms with Crippen molar-refractivity contribution in [2.24, 2.45) is 40.4 Å². The molecule has 17 aliphatic rings. The molecule has 8 amide bonds. The lowest BCUT2D eigenvalue weighted by Crippen LogP contribution is -2.60. The largest absolute Gasteiger partial charge is 0.444 e. The number of hydrogen-bond acceptors (Lipinski definition) is 16. The SMILES string of the molecule is CCC1CN(C(C)(C)c2ccccc2)C(=O)O1.CCC1CN(C23CC4CC(CC(C4)C2)C3)C(=O)O1.CCC1CN(C2CC(C)(C)CC(C)(C)C2)C(=O)O1.CCC1CN(C2CC3CCC2C3)C(=O)O1.CCC1CN(C2CCCCCC2)C(=O)O1.CCC1CN(C2CCCCCCC2)C(=O)O1.CCC1CN(CCc2ccccc2)C(=O)O1.CCC1CN(Cc2ccccc2)C(=O)O1. The highest BCUT2D eigenvalue weighted by molar-refractivity contribution is 5.74. The molecule has 17 fully saturated rings. The smallest absolute Gasteiger partial charge is 0.410 e. The van der Waals surface area contributed by atoms with Crippen LogP contribution in [0, 0.1) is 40.4 Å². The molecule has 8 saturated heterocycles. The number of rotatable bonds is 20. The summed E-state index contributed by atoms with van der Waals surface area (Å²) in [6.45, 7) is 37.6. The molecule has 0 N–H and O–H groups in total. The third-order valence-corrected chi connectivity index (χ3v) is 31.2. The van der Waals surface area contributed by atoms with Crippen LogP contribution in [0.5, 0.6) is 0 Å². The molecule has 0 radical (unpaired) electrons. The summed E-state index contributed by atoms with van der Waals surface area (Å²) >= 11 is 0. The first-order valence-electron chi connectivity index (χ1n) is 51.3. The fraction of sp³-hybridized carbons (Fsp3) is 0.755. The van der Waals surface area contributed by atoms with Gasteiger partial charge in [0.1, 0.15) is 48.8 Å². The van der Waals surface area contributed by atoms with Gasteiger partial charge in [0.05, 0.1) is 57.9 Å². The lowest BCUT2D eigenvalue weighted by Gasteiger charge is -2.59. The molecule has 24 heteroatoms. The second-order valence-corrected chi connectivity index (χ2v) is 42.7. The van der Waals surface area contributed by atoms with E-state index in [1.807, 2.05) is 124 Å². The Morgan fingerprint density at radius 2 is 0.692 bits per heavy atom. The number of hydrogen-bond donors (Lipinski definition) is 0. The van der Waals surface area contributed by atoms with Crippen molar-refractivity contribution in [1.82, 2.24) is 39.2 Å². The minimum atomic E-state index is -0.317. The Labute approximate surface area is 779 Å². The van der Waals surface area contributed by atoms with Crippen molar-refractivity contribution in [2.45, 2.75) is 412 Å². The van der Waals surface area contributed by atoms with Gasteiger partial charge in [0.25, 0.3) is 0 Å². The molecule has 8 aliphatic heterocycles. The molecule has 20 rings (SSSR count). The van der Waals surface area contributed by atoms with E-state index >= 15 is 0 Å². The van der Waals surface area contributed by atoms with Gasteiger partial charge in [-0.15, -0.1) is 0 Å². The number of benzene rings is 3. The van der Waals surface area contributed by atoms with Crippen LogP contribution in [0.4, 0.5) is 38.4 Å². The number of carbonyl (C=O) groups excluding carboxylic acids is 8. The summed E-state index contributed by atoms with van der Waals surface area (Å²) in [4.78, 5) is 109. The Balaban J connectivity index is 0.000000135. The third kappa shape index (κ3) is 27.1. The summed E-state index contributed by atoms with van der Waals surface area (Å²) in [7, 11) is 0. The standard InChI is InChI=1S/C15H23NO2.C15H27NO2.C14H19NO2.C13H17NO2.C13H23NO2.C12H19NO2.C12H15NO2.C12H21NO2/c1-2-13-9-16(14(17)18-13)15-6-10-3-11(7-15)5-12(4-10)8-15;1-6-12-9-16(13(17)18-12)11-7-14(2,3)10-15(4,5)8-11;1-4-12-10-15(13(16)17-12)14(2,3)11-8-6-5-7-9-11;1-2-12-10-14(13(15)16-12)9-8-11-6-4-3-5-7-11;1-2-12-10-14(13(15)16-12)11-8-6-4-3-5-7-9-11;1-2-10-7-13(12(14)15-10)11-6-8-3-4-9(11)5-8;1-2-11-9-13(12(14)15-11)8-10-6-4-3-5-7-10;1-2-11-9-13(12(14)15-11)10-7-5-3-4-6-8-10/h10-13H,2-9H2,1H3;11-12H,6-10H2,1-5H3;5-9,12H,4,10H2,1-3H3;3-7,12H,2,8-10H2,1H3;11-12H,2-10H2,1H3;8-11H,2-7H2,1H3;3-7,11H,2,8-9H2,1H3;10-11H,2-9H2,1H3. The van der Waals surface area contributed by atoms with Gasteiger partial charge in [0, 0.05) is 42.8 Å². The van der Waals surface area contributed by atoms with Crippen LogP contribution in [0.3, 0.4) is 0 Å². The van der Waals surface area contributed by atoms with Crippen molar-refractivity contribution in [3.8, 4) is 0 Å². The van der Waals surface area contributed by atoms with Gasteiger partial charge in [-0.2, -0.15) is 0 Å². The molecule has 11 atom stereocenters. The molecular formula is C106H164N8O16. The Morgan fingerprint density at radius 3 is 1.10 bits per heavy atom. The van der Waals surface area contributed by atoms with E-state index in [2.05, 4.69) is 93.2 Å². The number of ether oxygens (including phenoxy) is 8. The molecule has 8 heterocycles. The van der Waals surface area contributed by atoms with Crippen LogP contribution < -0.4 is 0 Å². The number of fused-ring (bicyclic) bond motifs is 2. The lowest BCUT2D eigenvalue weighted by atomic mass is 9.52. The summed E-state index contributed by atoms with van der Waals surface area (Å²) in [5.74, 6) is 4.35. The third-order valence-electron chi connectivity index (χ3n) is 31.2. The molecule has 9 saturated carbocycles. The van der Waals surface area contributed by atoms with E-state index in [1.165, 1.54) is 160 Å². The number of carbonyl (C=O) groups is 8. The minimum Gasteiger partial charge on any atom is -0.444 e. The van der Waals surface area contributed by atoms with Gasteiger partial charge in [-0.25, -0.2) is 38.4 Å². The van der Waals surface area contributed by atoms with Crippen LogP contribution in [0.15, 0.2) is 91.0 Å². The zero-order valence-corrected chi connectivity index (χ0v) is 81.9. The Hall–Kier alpha value is -8.18. The predicted molar refractivity (Wildman–Crippen MR) is 506 cm³/mol. The van der Waals surface area contributed by atoms with Gasteiger partial charge >= 0.3 is 48.7 Å². The molecule has 6 bridgehead atoms. The Bertz CT molecular complexity index is 4010. The molecule has 24 nitrogen and oxygen atoms in total. The summed E-state index contributed by atoms with van der Waals surface area (Å²) in [5, 5.41) is 0. The molecule has 0 spiro atoms. The molecule has 3 aromatic rings. The van der Waals surface area contributed by atoms with E-state index in [0.717, 1.165) is 157 Å². The van der Waals surface area contributed by atoms with Gasteiger partial charge in [-0.05, 0) is 231 Å². The molecule has 11 unspecified atom stereocenters. The molecule has 3 aromatic carbocycles. The van der Waals surface area contributed by atoms with Gasteiger partial charge in [-0.3, -0.25) is 9.80 Å². The van der Waals surface area contributed by atoms with Crippen molar-refractivity contribution in [3.63, 3.8) is 0 Å². The average Bonchev–Trinajstić information content (AvgIpc) is 1.48. The second kappa shape index (κ2) is 47.1. The summed E-state index contributed by atoms with van der Waals surface area (Å²) in [5.41, 5.74) is 4.04. The van der Waals surface area contributed by atoms with Crippen LogP contribution in [0.1, 0.15) is 332 Å². The molecule has 9 aliphatic carbocycles. The quantitative estimate of drug-likeness (QED) is 0.0755. The van der Waals surface area contributed by atoms with Crippen LogP contribution >= 0.6 is 0 Å². The highest BCUT2D eigenvalue weighted by Crippen LogP contribution is 2.59. The summed E-state index contributed by atoms with van der Waals surface area (Å²) in [6, 6.07) is 32.0. The fourth-order valence-corrected chi connectivity index (χ4v) is 24.4. The van der Waals surface area contributed by atoms with E-state index in [-0.39, 0.29) is 109 Å². The topological polar surface area (TPSA) is 236 Å². The number of nitrogens with zero attached hydrogens (tertiary/aromatic N) is 8. The van der Waals surface area contributed by atoms with Crippen molar-refractivity contribution in [2.75, 3.05) is 58.9 Å². The first-order valence-corrected chi connectivity index (χ1v) is 51.3. The lowest BCUT2D eigenvalue weighted by molar-refractivity contribution is -0.0663. The molecule has 130 heavy (non-hydrogen) atoms. The molecular weight excluding hydrogens is 1640 g/mol. The second-order valence-electron chi connectivity index (χ2n) is 42.7. The van der Waals surface area contributed by atoms with E-state index in [0.29, 0.717) is 54.6 Å². The van der Waals surface area contributed by atoms with Crippen LogP contribution in [-0.2, 0) is 56.4 Å². The van der Waals surface area contributed by atoms with Crippen LogP contribution in [-0.4, -0.2) is 225 Å². The van der Waals surface area contributed by atoms with Gasteiger partial charge in [0.2, 0.25) is 0 Å². The van der Waals surface area contributed by atoms with Crippen LogP contribution in [0.2, 0.25) is 0 Å². The van der Waals surface area contributed by atoms with Crippen molar-refractivity contribution in [1.29, 1.82) is 0 Å². The summed E-state index contributed by atoms with van der Waals surface area (Å²) < 4.78 is 42.6. The molecule has 724 valence electrons. The van der Waals surface area contributed by atoms with Gasteiger partial charge in [0.15, 0.2) is 0 Å². The van der Waals surface area contributed by atoms with Crippen LogP contribution in [0.25, 0.3) is 0 Å². The molecule has 0 aromatic heterocycles. The normalized spacial score (nSPS) is 30.7. The van der Waals surface area contributed by atoms with Crippen molar-refractivity contribution < 1.29 is 76.3 Å². The van der Waals surface area contributed by atoms with E-state index in [9.17, 15) is 38.4 Å². The predicted octanol–water partition coefficient (Wildman–Crippen LogP) is 23.7. The first kappa shape index (κ1) is 101. The Kier molecular flexibility index (Phi) is 36.6. The highest BCUT2D eigenvalue weighted by atomic mass is 16.6. The van der Waals surface area contributed by atoms with E-state index in [4.69, 9.17) is 37.9 Å². The van der Waals surface area contributed by atoms with E-state index in [1.54, 1.807) is 9.80 Å². The van der Waals surface area contributed by atoms with Crippen molar-refractivity contribution in [3.05, 3.63) is 108 Å².